The second-order valence-corrected chi connectivity index (χ2v) is 6.31. The number of H-pyrrole nitrogens is 1. The summed E-state index contributed by atoms with van der Waals surface area (Å²) in [6, 6.07) is 13.4. The van der Waals surface area contributed by atoms with Crippen LogP contribution in [0.2, 0.25) is 5.02 Å². The number of aromatic amines is 1. The highest BCUT2D eigenvalue weighted by molar-refractivity contribution is 6.32. The maximum atomic E-state index is 12.6. The van der Waals surface area contributed by atoms with Gasteiger partial charge < -0.3 is 10.1 Å². The Labute approximate surface area is 157 Å². The van der Waals surface area contributed by atoms with Crippen LogP contribution in [0.4, 0.5) is 0 Å². The van der Waals surface area contributed by atoms with Crippen LogP contribution in [0.25, 0.3) is 11.3 Å². The van der Waals surface area contributed by atoms with Gasteiger partial charge in [0.15, 0.2) is 0 Å². The molecule has 0 unspecified atom stereocenters. The Bertz CT molecular complexity index is 904. The van der Waals surface area contributed by atoms with E-state index >= 15 is 0 Å². The van der Waals surface area contributed by atoms with E-state index in [0.29, 0.717) is 35.2 Å². The predicted molar refractivity (Wildman–Crippen MR) is 103 cm³/mol. The van der Waals surface area contributed by atoms with Crippen molar-refractivity contribution in [3.05, 3.63) is 70.4 Å². The lowest BCUT2D eigenvalue weighted by atomic mass is 10.1. The summed E-state index contributed by atoms with van der Waals surface area (Å²) in [5, 5.41) is 10.3. The number of rotatable bonds is 6. The van der Waals surface area contributed by atoms with E-state index in [9.17, 15) is 4.79 Å². The fraction of sp³-hybridized carbons (Fsp3) is 0.200. The lowest BCUT2D eigenvalue weighted by Gasteiger charge is -2.09. The molecule has 3 aromatic rings. The highest BCUT2D eigenvalue weighted by atomic mass is 35.5. The van der Waals surface area contributed by atoms with Crippen LogP contribution >= 0.6 is 11.6 Å². The Morgan fingerprint density at radius 3 is 2.69 bits per heavy atom. The standard InChI is InChI=1S/C20H20ClN3O2/c1-3-26-18-9-8-15(10-17(18)21)19-16(12-23-24-19)20(25)22-11-14-6-4-13(2)5-7-14/h4-10,12H,3,11H2,1-2H3,(H,22,25)(H,23,24). The zero-order chi connectivity index (χ0) is 18.5. The largest absolute Gasteiger partial charge is 0.492 e. The number of amides is 1. The van der Waals surface area contributed by atoms with Crippen LogP contribution in [0.5, 0.6) is 5.75 Å². The number of nitrogens with one attached hydrogen (secondary N) is 2. The van der Waals surface area contributed by atoms with Crippen molar-refractivity contribution < 1.29 is 9.53 Å². The molecular formula is C20H20ClN3O2. The minimum Gasteiger partial charge on any atom is -0.492 e. The summed E-state index contributed by atoms with van der Waals surface area (Å²) in [5.41, 5.74) is 4.09. The molecule has 0 saturated heterocycles. The molecule has 0 aliphatic heterocycles. The Hall–Kier alpha value is -2.79. The molecule has 1 heterocycles. The summed E-state index contributed by atoms with van der Waals surface area (Å²) in [5.74, 6) is 0.419. The van der Waals surface area contributed by atoms with Crippen molar-refractivity contribution in [1.29, 1.82) is 0 Å². The molecular weight excluding hydrogens is 350 g/mol. The van der Waals surface area contributed by atoms with Gasteiger partial charge in [-0.3, -0.25) is 9.89 Å². The molecule has 0 saturated carbocycles. The van der Waals surface area contributed by atoms with E-state index in [2.05, 4.69) is 15.5 Å². The first-order valence-corrected chi connectivity index (χ1v) is 8.76. The molecule has 0 atom stereocenters. The number of hydrogen-bond donors (Lipinski definition) is 2. The monoisotopic (exact) mass is 369 g/mol. The highest BCUT2D eigenvalue weighted by Gasteiger charge is 2.16. The molecule has 5 nitrogen and oxygen atoms in total. The number of aryl methyl sites for hydroxylation is 1. The first kappa shape index (κ1) is 18.0. The average Bonchev–Trinajstić information content (AvgIpc) is 3.13. The van der Waals surface area contributed by atoms with Crippen molar-refractivity contribution in [1.82, 2.24) is 15.5 Å². The van der Waals surface area contributed by atoms with E-state index in [1.54, 1.807) is 12.1 Å². The van der Waals surface area contributed by atoms with Gasteiger partial charge in [0.05, 0.1) is 29.1 Å². The van der Waals surface area contributed by atoms with Gasteiger partial charge in [0, 0.05) is 12.1 Å². The smallest absolute Gasteiger partial charge is 0.255 e. The molecule has 0 aliphatic rings. The van der Waals surface area contributed by atoms with Gasteiger partial charge in [0.1, 0.15) is 5.75 Å². The number of hydrogen-bond acceptors (Lipinski definition) is 3. The van der Waals surface area contributed by atoms with Gasteiger partial charge in [-0.25, -0.2) is 0 Å². The van der Waals surface area contributed by atoms with Gasteiger partial charge in [-0.05, 0) is 37.6 Å². The van der Waals surface area contributed by atoms with Crippen molar-refractivity contribution in [3.63, 3.8) is 0 Å². The van der Waals surface area contributed by atoms with Gasteiger partial charge in [-0.2, -0.15) is 5.10 Å². The second kappa shape index (κ2) is 8.06. The minimum absolute atomic E-state index is 0.195. The molecule has 0 bridgehead atoms. The third-order valence-corrected chi connectivity index (χ3v) is 4.27. The Morgan fingerprint density at radius 2 is 2.00 bits per heavy atom. The van der Waals surface area contributed by atoms with Crippen LogP contribution in [0.1, 0.15) is 28.4 Å². The summed E-state index contributed by atoms with van der Waals surface area (Å²) in [7, 11) is 0. The van der Waals surface area contributed by atoms with Crippen molar-refractivity contribution in [3.8, 4) is 17.0 Å². The fourth-order valence-corrected chi connectivity index (χ4v) is 2.83. The lowest BCUT2D eigenvalue weighted by molar-refractivity contribution is 0.0951. The van der Waals surface area contributed by atoms with E-state index in [1.807, 2.05) is 44.2 Å². The van der Waals surface area contributed by atoms with E-state index in [0.717, 1.165) is 11.1 Å². The van der Waals surface area contributed by atoms with Crippen LogP contribution in [-0.2, 0) is 6.54 Å². The zero-order valence-corrected chi connectivity index (χ0v) is 15.4. The predicted octanol–water partition coefficient (Wildman–Crippen LogP) is 4.37. The van der Waals surface area contributed by atoms with Crippen LogP contribution in [0.3, 0.4) is 0 Å². The van der Waals surface area contributed by atoms with Crippen LogP contribution in [0, 0.1) is 6.92 Å². The fourth-order valence-electron chi connectivity index (χ4n) is 2.59. The normalized spacial score (nSPS) is 10.6. The average molecular weight is 370 g/mol. The number of benzene rings is 2. The first-order valence-electron chi connectivity index (χ1n) is 8.38. The lowest BCUT2D eigenvalue weighted by Crippen LogP contribution is -2.22. The number of aromatic nitrogens is 2. The molecule has 2 N–H and O–H groups in total. The number of carbonyl (C=O) groups excluding carboxylic acids is 1. The van der Waals surface area contributed by atoms with Gasteiger partial charge in [0.2, 0.25) is 0 Å². The summed E-state index contributed by atoms with van der Waals surface area (Å²) in [6.07, 6.45) is 1.52. The van der Waals surface area contributed by atoms with Crippen molar-refractivity contribution in [2.45, 2.75) is 20.4 Å². The molecule has 1 aromatic heterocycles. The molecule has 0 fully saturated rings. The zero-order valence-electron chi connectivity index (χ0n) is 14.7. The molecule has 0 spiro atoms. The Balaban J connectivity index is 1.76. The Morgan fingerprint density at radius 1 is 1.23 bits per heavy atom. The molecule has 1 amide bonds. The van der Waals surface area contributed by atoms with Gasteiger partial charge in [-0.1, -0.05) is 41.4 Å². The maximum absolute atomic E-state index is 12.6. The number of halogens is 1. The molecule has 26 heavy (non-hydrogen) atoms. The molecule has 6 heteroatoms. The molecule has 0 aliphatic carbocycles. The number of nitrogens with zero attached hydrogens (tertiary/aromatic N) is 1. The first-order chi connectivity index (χ1) is 12.6. The molecule has 134 valence electrons. The summed E-state index contributed by atoms with van der Waals surface area (Å²) < 4.78 is 5.45. The second-order valence-electron chi connectivity index (χ2n) is 5.91. The van der Waals surface area contributed by atoms with Gasteiger partial charge in [-0.15, -0.1) is 0 Å². The van der Waals surface area contributed by atoms with Crippen molar-refractivity contribution in [2.24, 2.45) is 0 Å². The quantitative estimate of drug-likeness (QED) is 0.678. The Kier molecular flexibility index (Phi) is 5.58. The third-order valence-electron chi connectivity index (χ3n) is 3.98. The van der Waals surface area contributed by atoms with Crippen molar-refractivity contribution >= 4 is 17.5 Å². The van der Waals surface area contributed by atoms with E-state index < -0.39 is 0 Å². The van der Waals surface area contributed by atoms with E-state index in [1.165, 1.54) is 11.8 Å². The maximum Gasteiger partial charge on any atom is 0.255 e. The highest BCUT2D eigenvalue weighted by Crippen LogP contribution is 2.31. The number of carbonyl (C=O) groups is 1. The topological polar surface area (TPSA) is 67.0 Å². The minimum atomic E-state index is -0.195. The summed E-state index contributed by atoms with van der Waals surface area (Å²) in [4.78, 5) is 12.6. The SMILES string of the molecule is CCOc1ccc(-c2[nH]ncc2C(=O)NCc2ccc(C)cc2)cc1Cl. The van der Waals surface area contributed by atoms with Crippen LogP contribution < -0.4 is 10.1 Å². The molecule has 3 rings (SSSR count). The van der Waals surface area contributed by atoms with Gasteiger partial charge in [0.25, 0.3) is 5.91 Å². The molecule has 0 radical (unpaired) electrons. The van der Waals surface area contributed by atoms with E-state index in [-0.39, 0.29) is 5.91 Å². The summed E-state index contributed by atoms with van der Waals surface area (Å²) >= 11 is 6.25. The van der Waals surface area contributed by atoms with Crippen molar-refractivity contribution in [2.75, 3.05) is 6.61 Å². The molecule has 2 aromatic carbocycles. The third kappa shape index (κ3) is 4.06. The van der Waals surface area contributed by atoms with Crippen LogP contribution in [0.15, 0.2) is 48.7 Å². The summed E-state index contributed by atoms with van der Waals surface area (Å²) in [6.45, 7) is 4.92. The van der Waals surface area contributed by atoms with E-state index in [4.69, 9.17) is 16.3 Å². The number of ether oxygens (including phenoxy) is 1. The van der Waals surface area contributed by atoms with Gasteiger partial charge >= 0.3 is 0 Å². The van der Waals surface area contributed by atoms with Crippen LogP contribution in [-0.4, -0.2) is 22.7 Å².